The Morgan fingerprint density at radius 3 is 1.61 bits per heavy atom. The average Bonchev–Trinajstić information content (AvgIpc) is 1.76. The monoisotopic (exact) mass is 1340 g/mol. The molecule has 6 nitrogen and oxygen atoms in total. The number of hydrogen-bond acceptors (Lipinski definition) is 6. The molecule has 0 unspecified atom stereocenters. The second-order valence-electron chi connectivity index (χ2n) is 25.3. The summed E-state index contributed by atoms with van der Waals surface area (Å²) in [5.74, 6) is 1.47. The minimum Gasteiger partial charge on any atom is -0.512 e. The third-order valence-corrected chi connectivity index (χ3v) is 16.4. The standard InChI is InChI=1S/C41H38N.C39H50O5.Ir/c1-40(2,3)36-18-14-28(15-19-36)33-25-34(29-16-20-37(21-17-29)41(4,5)6)27-35(26-33)31-11-9-12-32(24-31)39-38-13-8-7-10-30(38)22-23-42-39;1-5-7-9-11-13-15-21-42-36-26-33-34-27-37(43-22-16-14-12-10-8-6-2)32(25-39(34)44-38(33)23-28(36)3)30-17-19-31(20-18-30)35(41)24-29(4)40;/h7-11,13-27H,1-6H3;17-20,23-27,40H,5-16,21-22H2,1-4H3;/q-1;;. The summed E-state index contributed by atoms with van der Waals surface area (Å²) in [5, 5.41) is 13.9. The van der Waals surface area contributed by atoms with Crippen molar-refractivity contribution < 1.29 is 43.9 Å². The number of aliphatic hydroxyl groups is 1. The molecular formula is C80H88IrNO5-. The van der Waals surface area contributed by atoms with Crippen molar-refractivity contribution in [1.29, 1.82) is 0 Å². The summed E-state index contributed by atoms with van der Waals surface area (Å²) in [7, 11) is 0. The molecule has 7 heteroatoms. The van der Waals surface area contributed by atoms with Gasteiger partial charge >= 0.3 is 0 Å². The van der Waals surface area contributed by atoms with Gasteiger partial charge in [0.1, 0.15) is 22.7 Å². The summed E-state index contributed by atoms with van der Waals surface area (Å²) < 4.78 is 19.1. The number of hydrogen-bond donors (Lipinski definition) is 1. The van der Waals surface area contributed by atoms with Crippen LogP contribution in [-0.4, -0.2) is 29.1 Å². The fourth-order valence-corrected chi connectivity index (χ4v) is 11.2. The number of carbonyl (C=O) groups excluding carboxylic acids is 1. The average molecular weight is 1340 g/mol. The molecule has 0 saturated carbocycles. The van der Waals surface area contributed by atoms with E-state index >= 15 is 0 Å². The van der Waals surface area contributed by atoms with E-state index in [9.17, 15) is 9.90 Å². The number of nitrogens with zero attached hydrogens (tertiary/aromatic N) is 1. The van der Waals surface area contributed by atoms with E-state index < -0.39 is 0 Å². The molecule has 0 atom stereocenters. The predicted molar refractivity (Wildman–Crippen MR) is 362 cm³/mol. The molecule has 0 aliphatic heterocycles. The number of aliphatic hydroxyl groups excluding tert-OH is 1. The number of allylic oxidation sites excluding steroid dienone is 2. The maximum absolute atomic E-state index is 12.4. The molecule has 10 aromatic rings. The van der Waals surface area contributed by atoms with E-state index in [1.54, 1.807) is 12.1 Å². The minimum atomic E-state index is -0.228. The van der Waals surface area contributed by atoms with Crippen LogP contribution in [0.25, 0.3) is 88.5 Å². The maximum atomic E-state index is 12.4. The van der Waals surface area contributed by atoms with Crippen molar-refractivity contribution >= 4 is 38.5 Å². The first-order valence-corrected chi connectivity index (χ1v) is 31.5. The van der Waals surface area contributed by atoms with Gasteiger partial charge < -0.3 is 24.0 Å². The molecule has 1 radical (unpaired) electrons. The quantitative estimate of drug-likeness (QED) is 0.0226. The van der Waals surface area contributed by atoms with E-state index in [1.807, 2.05) is 30.5 Å². The van der Waals surface area contributed by atoms with Crippen LogP contribution in [0.3, 0.4) is 0 Å². The number of aromatic nitrogens is 1. The van der Waals surface area contributed by atoms with Crippen LogP contribution in [0.5, 0.6) is 11.5 Å². The van der Waals surface area contributed by atoms with E-state index in [-0.39, 0.29) is 42.5 Å². The second kappa shape index (κ2) is 30.4. The number of pyridine rings is 1. The van der Waals surface area contributed by atoms with E-state index in [1.165, 1.54) is 115 Å². The van der Waals surface area contributed by atoms with Crippen molar-refractivity contribution in [3.05, 3.63) is 210 Å². The van der Waals surface area contributed by atoms with Crippen LogP contribution in [0, 0.1) is 13.0 Å². The molecule has 10 rings (SSSR count). The topological polar surface area (TPSA) is 81.8 Å². The number of aryl methyl sites for hydroxylation is 1. The molecule has 453 valence electrons. The molecule has 0 aliphatic carbocycles. The van der Waals surface area contributed by atoms with Gasteiger partial charge in [0, 0.05) is 54.3 Å². The van der Waals surface area contributed by atoms with Crippen molar-refractivity contribution in [3.8, 4) is 67.3 Å². The summed E-state index contributed by atoms with van der Waals surface area (Å²) in [6.45, 7) is 23.0. The first-order chi connectivity index (χ1) is 41.5. The second-order valence-corrected chi connectivity index (χ2v) is 25.3. The largest absolute Gasteiger partial charge is 0.512 e. The Bertz CT molecular complexity index is 3830. The molecule has 8 aromatic carbocycles. The van der Waals surface area contributed by atoms with Crippen LogP contribution >= 0.6 is 0 Å². The summed E-state index contributed by atoms with van der Waals surface area (Å²) in [6.07, 6.45) is 17.7. The van der Waals surface area contributed by atoms with Crippen LogP contribution in [0.15, 0.2) is 186 Å². The first-order valence-electron chi connectivity index (χ1n) is 31.5. The van der Waals surface area contributed by atoms with Gasteiger partial charge in [-0.05, 0) is 153 Å². The number of rotatable bonds is 23. The summed E-state index contributed by atoms with van der Waals surface area (Å²) in [5.41, 5.74) is 17.1. The van der Waals surface area contributed by atoms with Gasteiger partial charge in [-0.15, -0.1) is 35.4 Å². The van der Waals surface area contributed by atoms with Crippen molar-refractivity contribution in [1.82, 2.24) is 4.98 Å². The van der Waals surface area contributed by atoms with E-state index in [0.717, 1.165) is 98.2 Å². The third kappa shape index (κ3) is 17.2. The Morgan fingerprint density at radius 2 is 1.05 bits per heavy atom. The smallest absolute Gasteiger partial charge is 0.189 e. The van der Waals surface area contributed by atoms with Crippen LogP contribution in [0.4, 0.5) is 0 Å². The molecule has 0 bridgehead atoms. The SMILES string of the molecule is CC(C)(C)c1ccc(-c2cc(-c3ccc(C(C)(C)C)cc3)cc(-c3cc[c-]c(-c4nccc5ccccc45)c3)c2)cc1.CCCCCCCCOc1cc2c(cc1C)oc1cc(-c3ccc(C(=O)C=C(C)O)cc3)c(OCCCCCCCC)cc12.[Ir]. The normalized spacial score (nSPS) is 11.8. The van der Waals surface area contributed by atoms with Gasteiger partial charge in [-0.1, -0.05) is 217 Å². The Kier molecular flexibility index (Phi) is 22.8. The van der Waals surface area contributed by atoms with Crippen LogP contribution in [0.2, 0.25) is 0 Å². The fourth-order valence-electron chi connectivity index (χ4n) is 11.2. The van der Waals surface area contributed by atoms with E-state index in [4.69, 9.17) is 18.9 Å². The predicted octanol–water partition coefficient (Wildman–Crippen LogP) is 23.0. The first kappa shape index (κ1) is 65.4. The van der Waals surface area contributed by atoms with Gasteiger partial charge in [-0.25, -0.2) is 0 Å². The zero-order valence-corrected chi connectivity index (χ0v) is 55.4. The zero-order valence-electron chi connectivity index (χ0n) is 53.0. The molecule has 1 N–H and O–H groups in total. The van der Waals surface area contributed by atoms with Gasteiger partial charge in [0.25, 0.3) is 0 Å². The number of furan rings is 1. The van der Waals surface area contributed by atoms with Gasteiger partial charge in [-0.3, -0.25) is 4.79 Å². The van der Waals surface area contributed by atoms with Crippen LogP contribution in [-0.2, 0) is 30.9 Å². The van der Waals surface area contributed by atoms with Gasteiger partial charge in [-0.2, -0.15) is 0 Å². The molecule has 87 heavy (non-hydrogen) atoms. The third-order valence-electron chi connectivity index (χ3n) is 16.4. The molecule has 2 aromatic heterocycles. The van der Waals surface area contributed by atoms with Crippen molar-refractivity contribution in [3.63, 3.8) is 0 Å². The summed E-state index contributed by atoms with van der Waals surface area (Å²) in [4.78, 5) is 17.2. The molecule has 0 saturated heterocycles. The number of carbonyl (C=O) groups is 1. The number of ether oxygens (including phenoxy) is 2. The number of unbranched alkanes of at least 4 members (excludes halogenated alkanes) is 10. The van der Waals surface area contributed by atoms with Crippen molar-refractivity contribution in [2.24, 2.45) is 0 Å². The zero-order chi connectivity index (χ0) is 60.8. The maximum Gasteiger partial charge on any atom is 0.189 e. The Morgan fingerprint density at radius 1 is 0.540 bits per heavy atom. The van der Waals surface area contributed by atoms with E-state index in [2.05, 4.69) is 196 Å². The Labute approximate surface area is 531 Å². The van der Waals surface area contributed by atoms with Gasteiger partial charge in [0.2, 0.25) is 0 Å². The van der Waals surface area contributed by atoms with Crippen LogP contribution in [0.1, 0.15) is 166 Å². The Balaban J connectivity index is 0.000000223. The molecule has 0 spiro atoms. The van der Waals surface area contributed by atoms with Gasteiger partial charge in [0.15, 0.2) is 5.78 Å². The fraction of sp³-hybridized carbons (Fsp3) is 0.325. The number of ketones is 1. The van der Waals surface area contributed by atoms with Crippen molar-refractivity contribution in [2.45, 2.75) is 157 Å². The number of fused-ring (bicyclic) bond motifs is 4. The van der Waals surface area contributed by atoms with E-state index in [0.29, 0.717) is 12.2 Å². The molecule has 0 aliphatic rings. The number of benzene rings is 8. The molecule has 0 fully saturated rings. The summed E-state index contributed by atoms with van der Waals surface area (Å²) in [6, 6.07) is 61.1. The van der Waals surface area contributed by atoms with Crippen LogP contribution < -0.4 is 9.47 Å². The minimum absolute atomic E-state index is 0. The molecule has 2 heterocycles. The van der Waals surface area contributed by atoms with Gasteiger partial charge in [0.05, 0.1) is 19.0 Å². The Hall–Kier alpha value is -7.57. The summed E-state index contributed by atoms with van der Waals surface area (Å²) >= 11 is 0. The molecular weight excluding hydrogens is 1250 g/mol. The molecule has 0 amide bonds. The van der Waals surface area contributed by atoms with Crippen molar-refractivity contribution in [2.75, 3.05) is 13.2 Å².